The lowest BCUT2D eigenvalue weighted by Gasteiger charge is -2.13. The van der Waals surface area contributed by atoms with Gasteiger partial charge in [0.05, 0.1) is 17.8 Å². The molecule has 0 bridgehead atoms. The van der Waals surface area contributed by atoms with Crippen LogP contribution in [0.25, 0.3) is 0 Å². The molecule has 0 aliphatic rings. The van der Waals surface area contributed by atoms with Crippen molar-refractivity contribution in [3.8, 4) is 17.2 Å². The quantitative estimate of drug-likeness (QED) is 0.264. The zero-order valence-corrected chi connectivity index (χ0v) is 20.0. The first-order valence-electron chi connectivity index (χ1n) is 9.99. The van der Waals surface area contributed by atoms with Crippen molar-refractivity contribution in [1.82, 2.24) is 5.43 Å². The van der Waals surface area contributed by atoms with Crippen LogP contribution in [0.3, 0.4) is 0 Å². The maximum Gasteiger partial charge on any atom is 0.277 e. The molecule has 1 amide bonds. The normalized spacial score (nSPS) is 10.8. The van der Waals surface area contributed by atoms with E-state index in [-0.39, 0.29) is 13.2 Å². The molecule has 0 radical (unpaired) electrons. The molecule has 0 saturated heterocycles. The van der Waals surface area contributed by atoms with E-state index in [1.54, 1.807) is 54.6 Å². The van der Waals surface area contributed by atoms with Gasteiger partial charge >= 0.3 is 0 Å². The molecule has 9 heteroatoms. The van der Waals surface area contributed by atoms with E-state index in [4.69, 9.17) is 49.0 Å². The Kier molecular flexibility index (Phi) is 9.24. The Balaban J connectivity index is 1.58. The molecule has 3 aromatic carbocycles. The summed E-state index contributed by atoms with van der Waals surface area (Å²) in [6.07, 6.45) is 1.50. The first-order valence-corrected chi connectivity index (χ1v) is 11.1. The van der Waals surface area contributed by atoms with Crippen LogP contribution < -0.4 is 19.6 Å². The summed E-state index contributed by atoms with van der Waals surface area (Å²) in [4.78, 5) is 12.0. The lowest BCUT2D eigenvalue weighted by molar-refractivity contribution is -0.123. The molecule has 0 atom stereocenters. The van der Waals surface area contributed by atoms with Gasteiger partial charge in [0, 0.05) is 15.6 Å². The number of benzene rings is 3. The number of nitrogens with zero attached hydrogens (tertiary/aromatic N) is 1. The van der Waals surface area contributed by atoms with Gasteiger partial charge in [-0.25, -0.2) is 5.43 Å². The Hall–Kier alpha value is -2.93. The predicted octanol–water partition coefficient (Wildman–Crippen LogP) is 6.15. The second-order valence-corrected chi connectivity index (χ2v) is 7.93. The Bertz CT molecular complexity index is 1140. The van der Waals surface area contributed by atoms with E-state index in [2.05, 4.69) is 10.5 Å². The number of nitrogens with one attached hydrogen (secondary N) is 1. The average Bonchev–Trinajstić information content (AvgIpc) is 2.79. The standard InChI is InChI=1S/C24H21Cl3N2O4/c1-2-31-23-11-16(7-10-22(23)32-14-17-8-9-18(25)12-20(17)27)13-28-29-24(30)15-33-21-6-4-3-5-19(21)26/h3-13H,2,14-15H2,1H3,(H,29,30)/b28-13-. The van der Waals surface area contributed by atoms with Gasteiger partial charge in [-0.15, -0.1) is 0 Å². The van der Waals surface area contributed by atoms with Crippen LogP contribution in [0, 0.1) is 0 Å². The van der Waals surface area contributed by atoms with E-state index in [1.165, 1.54) is 6.21 Å². The van der Waals surface area contributed by atoms with E-state index >= 15 is 0 Å². The van der Waals surface area contributed by atoms with E-state index in [0.29, 0.717) is 44.5 Å². The summed E-state index contributed by atoms with van der Waals surface area (Å²) in [5.41, 5.74) is 3.92. The van der Waals surface area contributed by atoms with Crippen LogP contribution >= 0.6 is 34.8 Å². The monoisotopic (exact) mass is 506 g/mol. The van der Waals surface area contributed by atoms with Gasteiger partial charge in [-0.3, -0.25) is 4.79 Å². The summed E-state index contributed by atoms with van der Waals surface area (Å²) >= 11 is 18.1. The average molecular weight is 508 g/mol. The van der Waals surface area contributed by atoms with Crippen LogP contribution in [0.1, 0.15) is 18.1 Å². The molecular weight excluding hydrogens is 487 g/mol. The van der Waals surface area contributed by atoms with Crippen molar-refractivity contribution in [2.24, 2.45) is 5.10 Å². The molecule has 1 N–H and O–H groups in total. The molecule has 6 nitrogen and oxygen atoms in total. The third-order valence-electron chi connectivity index (χ3n) is 4.26. The third-order valence-corrected chi connectivity index (χ3v) is 5.16. The second-order valence-electron chi connectivity index (χ2n) is 6.68. The summed E-state index contributed by atoms with van der Waals surface area (Å²) in [5, 5.41) is 5.47. The van der Waals surface area contributed by atoms with Gasteiger partial charge in [-0.2, -0.15) is 5.10 Å². The number of rotatable bonds is 10. The van der Waals surface area contributed by atoms with Crippen LogP contribution in [0.4, 0.5) is 0 Å². The van der Waals surface area contributed by atoms with Crippen LogP contribution in [-0.2, 0) is 11.4 Å². The van der Waals surface area contributed by atoms with Crippen molar-refractivity contribution < 1.29 is 19.0 Å². The maximum atomic E-state index is 12.0. The molecule has 0 aromatic heterocycles. The van der Waals surface area contributed by atoms with Crippen LogP contribution in [0.5, 0.6) is 17.2 Å². The molecule has 3 rings (SSSR count). The molecule has 0 saturated carbocycles. The van der Waals surface area contributed by atoms with Gasteiger partial charge < -0.3 is 14.2 Å². The molecule has 172 valence electrons. The summed E-state index contributed by atoms with van der Waals surface area (Å²) in [5.74, 6) is 1.10. The first-order chi connectivity index (χ1) is 16.0. The molecule has 3 aromatic rings. The van der Waals surface area contributed by atoms with Crippen molar-refractivity contribution in [2.75, 3.05) is 13.2 Å². The minimum absolute atomic E-state index is 0.217. The van der Waals surface area contributed by atoms with Gasteiger partial charge in [-0.05, 0) is 55.0 Å². The molecular formula is C24H21Cl3N2O4. The molecule has 0 aliphatic heterocycles. The van der Waals surface area contributed by atoms with Crippen molar-refractivity contribution in [1.29, 1.82) is 0 Å². The summed E-state index contributed by atoms with van der Waals surface area (Å²) in [6.45, 7) is 2.37. The van der Waals surface area contributed by atoms with Crippen molar-refractivity contribution in [2.45, 2.75) is 13.5 Å². The van der Waals surface area contributed by atoms with Gasteiger partial charge in [0.15, 0.2) is 18.1 Å². The number of para-hydroxylation sites is 1. The number of hydrogen-bond donors (Lipinski definition) is 1. The molecule has 0 unspecified atom stereocenters. The van der Waals surface area contributed by atoms with E-state index in [9.17, 15) is 4.79 Å². The minimum atomic E-state index is -0.420. The predicted molar refractivity (Wildman–Crippen MR) is 131 cm³/mol. The zero-order valence-electron chi connectivity index (χ0n) is 17.7. The number of hydrazone groups is 1. The van der Waals surface area contributed by atoms with E-state index in [1.807, 2.05) is 13.0 Å². The number of carbonyl (C=O) groups is 1. The third kappa shape index (κ3) is 7.56. The highest BCUT2D eigenvalue weighted by molar-refractivity contribution is 6.35. The highest BCUT2D eigenvalue weighted by atomic mass is 35.5. The Morgan fingerprint density at radius 2 is 1.73 bits per heavy atom. The fraction of sp³-hybridized carbons (Fsp3) is 0.167. The lowest BCUT2D eigenvalue weighted by atomic mass is 10.2. The number of halogens is 3. The van der Waals surface area contributed by atoms with Gasteiger partial charge in [0.25, 0.3) is 5.91 Å². The minimum Gasteiger partial charge on any atom is -0.490 e. The smallest absolute Gasteiger partial charge is 0.277 e. The van der Waals surface area contributed by atoms with Crippen molar-refractivity contribution in [3.05, 3.63) is 86.9 Å². The van der Waals surface area contributed by atoms with Crippen LogP contribution in [-0.4, -0.2) is 25.3 Å². The fourth-order valence-electron chi connectivity index (χ4n) is 2.70. The molecule has 33 heavy (non-hydrogen) atoms. The number of carbonyl (C=O) groups excluding carboxylic acids is 1. The Labute approximate surface area is 207 Å². The van der Waals surface area contributed by atoms with Crippen LogP contribution in [0.15, 0.2) is 65.8 Å². The Morgan fingerprint density at radius 1 is 0.909 bits per heavy atom. The van der Waals surface area contributed by atoms with E-state index in [0.717, 1.165) is 5.56 Å². The Morgan fingerprint density at radius 3 is 2.48 bits per heavy atom. The number of hydrogen-bond acceptors (Lipinski definition) is 5. The van der Waals surface area contributed by atoms with E-state index < -0.39 is 5.91 Å². The summed E-state index contributed by atoms with van der Waals surface area (Å²) in [7, 11) is 0. The highest BCUT2D eigenvalue weighted by Crippen LogP contribution is 2.30. The fourth-order valence-corrected chi connectivity index (χ4v) is 3.36. The maximum absolute atomic E-state index is 12.0. The summed E-state index contributed by atoms with van der Waals surface area (Å²) in [6, 6.07) is 17.4. The molecule has 0 heterocycles. The molecule has 0 spiro atoms. The zero-order chi connectivity index (χ0) is 23.6. The van der Waals surface area contributed by atoms with Crippen molar-refractivity contribution >= 4 is 46.9 Å². The molecule has 0 aliphatic carbocycles. The largest absolute Gasteiger partial charge is 0.490 e. The number of amides is 1. The first kappa shape index (κ1) is 24.7. The molecule has 0 fully saturated rings. The SMILES string of the molecule is CCOc1cc(/C=N\NC(=O)COc2ccccc2Cl)ccc1OCc1ccc(Cl)cc1Cl. The van der Waals surface area contributed by atoms with Crippen LogP contribution in [0.2, 0.25) is 15.1 Å². The number of ether oxygens (including phenoxy) is 3. The van der Waals surface area contributed by atoms with Gasteiger partial charge in [0.2, 0.25) is 0 Å². The van der Waals surface area contributed by atoms with Crippen molar-refractivity contribution in [3.63, 3.8) is 0 Å². The second kappa shape index (κ2) is 12.3. The van der Waals surface area contributed by atoms with Gasteiger partial charge in [-0.1, -0.05) is 53.0 Å². The lowest BCUT2D eigenvalue weighted by Crippen LogP contribution is -2.24. The van der Waals surface area contributed by atoms with Gasteiger partial charge in [0.1, 0.15) is 12.4 Å². The topological polar surface area (TPSA) is 69.2 Å². The summed E-state index contributed by atoms with van der Waals surface area (Å²) < 4.78 is 16.9. The highest BCUT2D eigenvalue weighted by Gasteiger charge is 2.09.